The molecule has 4 aliphatic heterocycles. The molecular weight excluding hydrogens is 701 g/mol. The Morgan fingerprint density at radius 1 is 0.327 bits per heavy atom. The molecule has 55 heavy (non-hydrogen) atoms. The SMILES string of the molecule is c1ccc(O[Si]2(Oc3ccccc3)n3c4c5ccccc5c3N=C3N=C(N=c5c6ccccc6c(n52)=NC2=NC(=N4)c4ccccc42)c2ccccc23)cc1. The second-order valence-corrected chi connectivity index (χ2v) is 15.9. The van der Waals surface area contributed by atoms with Gasteiger partial charge in [0.1, 0.15) is 34.1 Å². The van der Waals surface area contributed by atoms with Gasteiger partial charge in [0.25, 0.3) is 0 Å². The second-order valence-electron chi connectivity index (χ2n) is 13.5. The molecule has 258 valence electrons. The standard InChI is InChI=1S/C44H26N8O2Si/c1-3-15-27(16-4-1)53-55(54-28-17-5-2-6-18-28)51-41-33-23-11-12-24-34(33)43(51)49-39-31-21-9-10-22-32(31)40(46-39)50-44-36-26-14-13-25-35(36)42(52(44)55)48-38-30-20-8-7-19-29(30)37(45-38)47-41/h1-26H. The number of nitrogens with zero attached hydrogens (tertiary/aromatic N) is 8. The molecule has 6 aromatic carbocycles. The van der Waals surface area contributed by atoms with Crippen molar-refractivity contribution >= 4 is 65.4 Å². The highest BCUT2D eigenvalue weighted by molar-refractivity contribution is 6.67. The summed E-state index contributed by atoms with van der Waals surface area (Å²) in [7, 11) is -4.37. The second kappa shape index (κ2) is 11.2. The summed E-state index contributed by atoms with van der Waals surface area (Å²) in [6.45, 7) is 0. The van der Waals surface area contributed by atoms with Gasteiger partial charge >= 0.3 is 8.88 Å². The van der Waals surface area contributed by atoms with Crippen molar-refractivity contribution in [3.63, 3.8) is 0 Å². The van der Waals surface area contributed by atoms with Gasteiger partial charge in [-0.1, -0.05) is 133 Å². The van der Waals surface area contributed by atoms with Crippen LogP contribution >= 0.6 is 0 Å². The van der Waals surface area contributed by atoms with E-state index < -0.39 is 8.88 Å². The molecule has 0 N–H and O–H groups in total. The molecule has 10 nitrogen and oxygen atoms in total. The van der Waals surface area contributed by atoms with Crippen LogP contribution in [0.1, 0.15) is 22.3 Å². The molecule has 0 spiro atoms. The first-order chi connectivity index (χ1) is 27.2. The van der Waals surface area contributed by atoms with Crippen LogP contribution in [0.3, 0.4) is 0 Å². The van der Waals surface area contributed by atoms with Gasteiger partial charge in [0.05, 0.1) is 0 Å². The van der Waals surface area contributed by atoms with Crippen molar-refractivity contribution in [1.82, 2.24) is 8.47 Å². The van der Waals surface area contributed by atoms with Gasteiger partial charge in [0.15, 0.2) is 23.3 Å². The van der Waals surface area contributed by atoms with Crippen LogP contribution in [-0.4, -0.2) is 40.7 Å². The number of aromatic nitrogens is 2. The number of hydrogen-bond acceptors (Lipinski definition) is 8. The quantitative estimate of drug-likeness (QED) is 0.175. The molecule has 0 aliphatic carbocycles. The molecule has 0 fully saturated rings. The molecular formula is C44H26N8O2Si. The zero-order valence-electron chi connectivity index (χ0n) is 28.9. The lowest BCUT2D eigenvalue weighted by Crippen LogP contribution is -2.68. The monoisotopic (exact) mass is 726 g/mol. The Labute approximate surface area is 314 Å². The summed E-state index contributed by atoms with van der Waals surface area (Å²) in [6.07, 6.45) is 0. The van der Waals surface area contributed by atoms with Gasteiger partial charge in [0.2, 0.25) is 0 Å². The zero-order valence-corrected chi connectivity index (χ0v) is 29.9. The first kappa shape index (κ1) is 30.0. The van der Waals surface area contributed by atoms with E-state index >= 15 is 0 Å². The Balaban J connectivity index is 1.39. The highest BCUT2D eigenvalue weighted by Gasteiger charge is 2.57. The fourth-order valence-electron chi connectivity index (χ4n) is 7.92. The first-order valence-corrected chi connectivity index (χ1v) is 19.7. The molecule has 0 saturated carbocycles. The third kappa shape index (κ3) is 4.29. The fourth-order valence-corrected chi connectivity index (χ4v) is 11.2. The largest absolute Gasteiger partial charge is 0.738 e. The average molecular weight is 727 g/mol. The summed E-state index contributed by atoms with van der Waals surface area (Å²) < 4.78 is 19.3. The molecule has 0 radical (unpaired) electrons. The third-order valence-corrected chi connectivity index (χ3v) is 13.3. The Hall–Kier alpha value is -7.50. The van der Waals surface area contributed by atoms with E-state index in [1.54, 1.807) is 0 Å². The molecule has 12 rings (SSSR count). The van der Waals surface area contributed by atoms with Crippen LogP contribution in [0.25, 0.3) is 21.5 Å². The number of rotatable bonds is 4. The van der Waals surface area contributed by atoms with Crippen LogP contribution in [0.5, 0.6) is 11.5 Å². The van der Waals surface area contributed by atoms with Gasteiger partial charge < -0.3 is 8.85 Å². The molecule has 6 heterocycles. The van der Waals surface area contributed by atoms with Crippen molar-refractivity contribution in [3.05, 3.63) is 191 Å². The lowest BCUT2D eigenvalue weighted by Gasteiger charge is -2.33. The number of benzene rings is 6. The Kier molecular flexibility index (Phi) is 6.14. The van der Waals surface area contributed by atoms with Gasteiger partial charge in [-0.2, -0.15) is 0 Å². The molecule has 0 amide bonds. The average Bonchev–Trinajstić information content (AvgIpc) is 3.95. The van der Waals surface area contributed by atoms with Gasteiger partial charge in [0, 0.05) is 43.8 Å². The minimum absolute atomic E-state index is 0.535. The highest BCUT2D eigenvalue weighted by Crippen LogP contribution is 2.44. The van der Waals surface area contributed by atoms with Crippen molar-refractivity contribution in [1.29, 1.82) is 0 Å². The molecule has 6 bridgehead atoms. The maximum atomic E-state index is 7.58. The first-order valence-electron chi connectivity index (χ1n) is 18.0. The molecule has 0 unspecified atom stereocenters. The van der Waals surface area contributed by atoms with Gasteiger partial charge in [-0.25, -0.2) is 30.0 Å². The van der Waals surface area contributed by atoms with E-state index in [1.807, 2.05) is 133 Å². The maximum absolute atomic E-state index is 7.58. The summed E-state index contributed by atoms with van der Waals surface area (Å²) in [4.78, 5) is 32.2. The van der Waals surface area contributed by atoms with E-state index in [-0.39, 0.29) is 0 Å². The van der Waals surface area contributed by atoms with E-state index in [2.05, 4.69) is 32.7 Å². The lowest BCUT2D eigenvalue weighted by atomic mass is 10.1. The molecule has 2 aromatic heterocycles. The topological polar surface area (TPSA) is 102 Å². The van der Waals surface area contributed by atoms with Gasteiger partial charge in [-0.15, -0.1) is 0 Å². The summed E-state index contributed by atoms with van der Waals surface area (Å²) >= 11 is 0. The van der Waals surface area contributed by atoms with Crippen molar-refractivity contribution in [3.8, 4) is 11.5 Å². The van der Waals surface area contributed by atoms with Crippen molar-refractivity contribution in [2.45, 2.75) is 0 Å². The summed E-state index contributed by atoms with van der Waals surface area (Å²) in [5.74, 6) is 4.49. The summed E-state index contributed by atoms with van der Waals surface area (Å²) in [5.41, 5.74) is 4.67. The van der Waals surface area contributed by atoms with Crippen LogP contribution in [0.4, 0.5) is 11.6 Å². The maximum Gasteiger partial charge on any atom is 0.738 e. The molecule has 4 aliphatic rings. The minimum Gasteiger partial charge on any atom is -0.480 e. The van der Waals surface area contributed by atoms with Gasteiger partial charge in [-0.05, 0) is 24.3 Å². The Bertz CT molecular complexity index is 3010. The van der Waals surface area contributed by atoms with E-state index in [4.69, 9.17) is 38.8 Å². The fraction of sp³-hybridized carbons (Fsp3) is 0. The van der Waals surface area contributed by atoms with Gasteiger partial charge in [-0.3, -0.25) is 8.47 Å². The van der Waals surface area contributed by atoms with Crippen LogP contribution < -0.4 is 19.8 Å². The zero-order chi connectivity index (χ0) is 36.1. The number of amidine groups is 4. The van der Waals surface area contributed by atoms with E-state index in [9.17, 15) is 0 Å². The van der Waals surface area contributed by atoms with Crippen molar-refractivity contribution in [2.75, 3.05) is 0 Å². The van der Waals surface area contributed by atoms with Crippen molar-refractivity contribution < 1.29 is 8.85 Å². The van der Waals surface area contributed by atoms with E-state index in [0.29, 0.717) is 57.5 Å². The Morgan fingerprint density at radius 2 is 0.673 bits per heavy atom. The number of hydrogen-bond donors (Lipinski definition) is 0. The predicted octanol–water partition coefficient (Wildman–Crippen LogP) is 7.53. The lowest BCUT2D eigenvalue weighted by molar-refractivity contribution is 0.345. The molecule has 0 atom stereocenters. The number of fused-ring (bicyclic) bond motifs is 14. The Morgan fingerprint density at radius 3 is 1.09 bits per heavy atom. The van der Waals surface area contributed by atoms with Crippen LogP contribution in [0.2, 0.25) is 0 Å². The predicted molar refractivity (Wildman–Crippen MR) is 215 cm³/mol. The van der Waals surface area contributed by atoms with Crippen LogP contribution in [-0.2, 0) is 0 Å². The molecule has 11 heteroatoms. The molecule has 8 aromatic rings. The normalized spacial score (nSPS) is 15.4. The van der Waals surface area contributed by atoms with Crippen molar-refractivity contribution in [2.24, 2.45) is 30.0 Å². The number of aliphatic imine (C=N–C) groups is 4. The highest BCUT2D eigenvalue weighted by atomic mass is 28.4. The van der Waals surface area contributed by atoms with Crippen LogP contribution in [0.15, 0.2) is 188 Å². The van der Waals surface area contributed by atoms with Crippen LogP contribution in [0, 0.1) is 0 Å². The minimum atomic E-state index is -4.37. The third-order valence-electron chi connectivity index (χ3n) is 10.3. The summed E-state index contributed by atoms with van der Waals surface area (Å²) in [5, 5.41) is 3.41. The molecule has 0 saturated heterocycles. The summed E-state index contributed by atoms with van der Waals surface area (Å²) in [6, 6.07) is 52.0. The van der Waals surface area contributed by atoms with E-state index in [1.165, 1.54) is 0 Å². The smallest absolute Gasteiger partial charge is 0.480 e. The number of para-hydroxylation sites is 2. The van der Waals surface area contributed by atoms with E-state index in [0.717, 1.165) is 43.8 Å².